The predicted molar refractivity (Wildman–Crippen MR) is 125 cm³/mol. The highest BCUT2D eigenvalue weighted by atomic mass is 32.2. The lowest BCUT2D eigenvalue weighted by Gasteiger charge is -2.11. The number of fused-ring (bicyclic) bond motifs is 1. The van der Waals surface area contributed by atoms with Crippen LogP contribution >= 0.6 is 11.8 Å². The van der Waals surface area contributed by atoms with Crippen LogP contribution in [0.1, 0.15) is 18.3 Å². The van der Waals surface area contributed by atoms with Gasteiger partial charge in [-0.25, -0.2) is 0 Å². The molecule has 1 N–H and O–H groups in total. The van der Waals surface area contributed by atoms with Crippen LogP contribution in [0.5, 0.6) is 5.75 Å². The molecule has 0 saturated heterocycles. The molecule has 3 aromatic carbocycles. The van der Waals surface area contributed by atoms with Crippen molar-refractivity contribution in [1.82, 2.24) is 14.8 Å². The predicted octanol–water partition coefficient (Wildman–Crippen LogP) is 5.78. The van der Waals surface area contributed by atoms with Gasteiger partial charge < -0.3 is 14.6 Å². The van der Waals surface area contributed by atoms with Gasteiger partial charge in [0.1, 0.15) is 12.4 Å². The Kier molecular flexibility index (Phi) is 7.06. The Balaban J connectivity index is 1.38. The number of thioether (sulfide) groups is 1. The van der Waals surface area contributed by atoms with Crippen LogP contribution in [-0.4, -0.2) is 26.4 Å². The van der Waals surface area contributed by atoms with Crippen molar-refractivity contribution >= 4 is 34.1 Å². The first-order chi connectivity index (χ1) is 16.3. The van der Waals surface area contributed by atoms with Crippen LogP contribution in [-0.2, 0) is 24.1 Å². The molecule has 0 radical (unpaired) electrons. The molecule has 1 amide bonds. The van der Waals surface area contributed by atoms with E-state index in [0.29, 0.717) is 17.5 Å². The van der Waals surface area contributed by atoms with Gasteiger partial charge in [0.05, 0.1) is 11.3 Å². The summed E-state index contributed by atoms with van der Waals surface area (Å²) >= 11 is 1.23. The summed E-state index contributed by atoms with van der Waals surface area (Å²) in [7, 11) is 0. The van der Waals surface area contributed by atoms with Crippen molar-refractivity contribution < 1.29 is 22.7 Å². The number of nitrogens with one attached hydrogen (secondary N) is 1. The van der Waals surface area contributed by atoms with E-state index < -0.39 is 11.7 Å². The fourth-order valence-electron chi connectivity index (χ4n) is 3.41. The summed E-state index contributed by atoms with van der Waals surface area (Å²) in [6.07, 6.45) is -4.45. The zero-order chi connectivity index (χ0) is 24.1. The van der Waals surface area contributed by atoms with Crippen LogP contribution in [0.3, 0.4) is 0 Å². The van der Waals surface area contributed by atoms with E-state index in [1.54, 1.807) is 4.57 Å². The Labute approximate surface area is 198 Å². The van der Waals surface area contributed by atoms with E-state index in [4.69, 9.17) is 4.74 Å². The number of amides is 1. The standard InChI is InChI=1S/C24H21F3N4O2S/c1-2-31-21(14-33-18-10-6-9-17(13-18)24(25,26)27)29-30-23(31)34-15-22(32)28-20-12-5-8-16-7-3-4-11-19(16)20/h3-13H,2,14-15H2,1H3,(H,28,32). The second kappa shape index (κ2) is 10.2. The van der Waals surface area contributed by atoms with Crippen molar-refractivity contribution in [3.8, 4) is 5.75 Å². The van der Waals surface area contributed by atoms with Gasteiger partial charge in [-0.2, -0.15) is 13.2 Å². The van der Waals surface area contributed by atoms with E-state index in [2.05, 4.69) is 15.5 Å². The fraction of sp³-hybridized carbons (Fsp3) is 0.208. The third-order valence-corrected chi connectivity index (χ3v) is 6.00. The average molecular weight is 487 g/mol. The van der Waals surface area contributed by atoms with Crippen LogP contribution in [0, 0.1) is 0 Å². The molecular formula is C24H21F3N4O2S. The summed E-state index contributed by atoms with van der Waals surface area (Å²) < 4.78 is 46.0. The zero-order valence-electron chi connectivity index (χ0n) is 18.2. The lowest BCUT2D eigenvalue weighted by atomic mass is 10.1. The largest absolute Gasteiger partial charge is 0.486 e. The third-order valence-electron chi connectivity index (χ3n) is 5.04. The highest BCUT2D eigenvalue weighted by molar-refractivity contribution is 7.99. The van der Waals surface area contributed by atoms with Crippen molar-refractivity contribution in [2.75, 3.05) is 11.1 Å². The monoisotopic (exact) mass is 486 g/mol. The van der Waals surface area contributed by atoms with Crippen molar-refractivity contribution in [1.29, 1.82) is 0 Å². The normalized spacial score (nSPS) is 11.5. The van der Waals surface area contributed by atoms with Gasteiger partial charge in [-0.3, -0.25) is 4.79 Å². The molecule has 0 aliphatic rings. The maximum absolute atomic E-state index is 12.9. The Hall–Kier alpha value is -3.53. The van der Waals surface area contributed by atoms with E-state index >= 15 is 0 Å². The second-order valence-electron chi connectivity index (χ2n) is 7.32. The number of anilines is 1. The first-order valence-electron chi connectivity index (χ1n) is 10.5. The smallest absolute Gasteiger partial charge is 0.416 e. The summed E-state index contributed by atoms with van der Waals surface area (Å²) in [6.45, 7) is 2.35. The number of carbonyl (C=O) groups excluding carboxylic acids is 1. The quantitative estimate of drug-likeness (QED) is 0.320. The molecule has 0 aliphatic carbocycles. The van der Waals surface area contributed by atoms with Crippen LogP contribution in [0.25, 0.3) is 10.8 Å². The lowest BCUT2D eigenvalue weighted by Crippen LogP contribution is -2.15. The highest BCUT2D eigenvalue weighted by Gasteiger charge is 2.30. The highest BCUT2D eigenvalue weighted by Crippen LogP contribution is 2.31. The van der Waals surface area contributed by atoms with E-state index in [-0.39, 0.29) is 24.0 Å². The van der Waals surface area contributed by atoms with Gasteiger partial charge in [-0.1, -0.05) is 54.2 Å². The fourth-order valence-corrected chi connectivity index (χ4v) is 4.23. The van der Waals surface area contributed by atoms with Crippen LogP contribution in [0.4, 0.5) is 18.9 Å². The maximum atomic E-state index is 12.9. The van der Waals surface area contributed by atoms with Gasteiger partial charge in [0, 0.05) is 17.6 Å². The Bertz CT molecular complexity index is 1300. The molecule has 0 aliphatic heterocycles. The SMILES string of the molecule is CCn1c(COc2cccc(C(F)(F)F)c2)nnc1SCC(=O)Nc1cccc2ccccc12. The molecular weight excluding hydrogens is 465 g/mol. The van der Waals surface area contributed by atoms with Gasteiger partial charge in [0.15, 0.2) is 11.0 Å². The molecule has 176 valence electrons. The van der Waals surface area contributed by atoms with E-state index in [1.165, 1.54) is 23.9 Å². The van der Waals surface area contributed by atoms with Crippen LogP contribution in [0.2, 0.25) is 0 Å². The van der Waals surface area contributed by atoms with Crippen molar-refractivity contribution in [2.24, 2.45) is 0 Å². The number of halogens is 3. The number of nitrogens with zero attached hydrogens (tertiary/aromatic N) is 3. The van der Waals surface area contributed by atoms with Crippen molar-refractivity contribution in [2.45, 2.75) is 31.4 Å². The van der Waals surface area contributed by atoms with Gasteiger partial charge in [-0.15, -0.1) is 10.2 Å². The number of rotatable bonds is 8. The summed E-state index contributed by atoms with van der Waals surface area (Å²) in [6, 6.07) is 18.2. The summed E-state index contributed by atoms with van der Waals surface area (Å²) in [4.78, 5) is 12.6. The minimum atomic E-state index is -4.45. The van der Waals surface area contributed by atoms with Crippen LogP contribution < -0.4 is 10.1 Å². The average Bonchev–Trinajstić information content (AvgIpc) is 3.23. The van der Waals surface area contributed by atoms with Gasteiger partial charge in [0.2, 0.25) is 5.91 Å². The maximum Gasteiger partial charge on any atom is 0.416 e. The minimum absolute atomic E-state index is 0.0507. The van der Waals surface area contributed by atoms with Gasteiger partial charge >= 0.3 is 6.18 Å². The molecule has 0 saturated carbocycles. The number of hydrogen-bond donors (Lipinski definition) is 1. The number of benzene rings is 3. The molecule has 0 bridgehead atoms. The summed E-state index contributed by atoms with van der Waals surface area (Å²) in [5, 5.41) is 13.7. The number of carbonyl (C=O) groups is 1. The topological polar surface area (TPSA) is 69.0 Å². The molecule has 10 heteroatoms. The number of hydrogen-bond acceptors (Lipinski definition) is 5. The first kappa shape index (κ1) is 23.6. The van der Waals surface area contributed by atoms with Gasteiger partial charge in [0.25, 0.3) is 0 Å². The molecule has 4 aromatic rings. The molecule has 1 heterocycles. The Morgan fingerprint density at radius 3 is 2.62 bits per heavy atom. The molecule has 34 heavy (non-hydrogen) atoms. The summed E-state index contributed by atoms with van der Waals surface area (Å²) in [5.41, 5.74) is -0.0498. The summed E-state index contributed by atoms with van der Waals surface area (Å²) in [5.74, 6) is 0.477. The molecule has 0 spiro atoms. The van der Waals surface area contributed by atoms with Crippen molar-refractivity contribution in [3.05, 3.63) is 78.1 Å². The van der Waals surface area contributed by atoms with Crippen molar-refractivity contribution in [3.63, 3.8) is 0 Å². The third kappa shape index (κ3) is 5.51. The number of alkyl halides is 3. The number of aromatic nitrogens is 3. The molecule has 0 unspecified atom stereocenters. The number of ether oxygens (including phenoxy) is 1. The van der Waals surface area contributed by atoms with Gasteiger partial charge in [-0.05, 0) is 36.6 Å². The Morgan fingerprint density at radius 2 is 1.82 bits per heavy atom. The molecule has 4 rings (SSSR count). The zero-order valence-corrected chi connectivity index (χ0v) is 19.0. The van der Waals surface area contributed by atoms with Crippen LogP contribution in [0.15, 0.2) is 71.9 Å². The Morgan fingerprint density at radius 1 is 1.06 bits per heavy atom. The second-order valence-corrected chi connectivity index (χ2v) is 8.26. The molecule has 0 fully saturated rings. The minimum Gasteiger partial charge on any atom is -0.486 e. The van der Waals surface area contributed by atoms with E-state index in [9.17, 15) is 18.0 Å². The lowest BCUT2D eigenvalue weighted by molar-refractivity contribution is -0.137. The molecule has 0 atom stereocenters. The van der Waals surface area contributed by atoms with E-state index in [0.717, 1.165) is 28.6 Å². The first-order valence-corrected chi connectivity index (χ1v) is 11.5. The molecule has 6 nitrogen and oxygen atoms in total. The van der Waals surface area contributed by atoms with E-state index in [1.807, 2.05) is 49.4 Å². The molecule has 1 aromatic heterocycles.